The number of carboxylic acid groups (broad SMARTS) is 1. The summed E-state index contributed by atoms with van der Waals surface area (Å²) >= 11 is 0. The molecule has 5 nitrogen and oxygen atoms in total. The third-order valence-electron chi connectivity index (χ3n) is 2.01. The summed E-state index contributed by atoms with van der Waals surface area (Å²) in [6.45, 7) is 0. The molecule has 0 spiro atoms. The van der Waals surface area contributed by atoms with E-state index in [4.69, 9.17) is 10.8 Å². The summed E-state index contributed by atoms with van der Waals surface area (Å²) in [4.78, 5) is 14.7. The molecule has 76 valence electrons. The molecular formula is C9H13N3O2. The number of carboxylic acids is 1. The zero-order valence-corrected chi connectivity index (χ0v) is 7.84. The fourth-order valence-corrected chi connectivity index (χ4v) is 1.22. The smallest absolute Gasteiger partial charge is 0.322 e. The molecule has 5 heteroatoms. The summed E-state index contributed by atoms with van der Waals surface area (Å²) in [6.07, 6.45) is 3.18. The average Bonchev–Trinajstić information content (AvgIpc) is 2.19. The number of aliphatic carboxylic acids is 1. The second-order valence-electron chi connectivity index (χ2n) is 2.92. The molecule has 0 aromatic carbocycles. The SMILES string of the molecule is CNC(C(=O)O)C(N)c1cccnc1. The van der Waals surface area contributed by atoms with Gasteiger partial charge in [0.05, 0.1) is 6.04 Å². The molecule has 0 aliphatic carbocycles. The van der Waals surface area contributed by atoms with Crippen LogP contribution in [0.2, 0.25) is 0 Å². The largest absolute Gasteiger partial charge is 0.480 e. The van der Waals surface area contributed by atoms with Crippen molar-refractivity contribution in [2.24, 2.45) is 5.73 Å². The number of rotatable bonds is 4. The predicted molar refractivity (Wildman–Crippen MR) is 51.6 cm³/mol. The van der Waals surface area contributed by atoms with Gasteiger partial charge in [-0.15, -0.1) is 0 Å². The zero-order valence-electron chi connectivity index (χ0n) is 7.84. The highest BCUT2D eigenvalue weighted by atomic mass is 16.4. The van der Waals surface area contributed by atoms with Crippen molar-refractivity contribution in [3.8, 4) is 0 Å². The van der Waals surface area contributed by atoms with Gasteiger partial charge in [-0.3, -0.25) is 9.78 Å². The van der Waals surface area contributed by atoms with Crippen LogP contribution >= 0.6 is 0 Å². The Morgan fingerprint density at radius 2 is 2.43 bits per heavy atom. The van der Waals surface area contributed by atoms with Crippen molar-refractivity contribution < 1.29 is 9.90 Å². The lowest BCUT2D eigenvalue weighted by molar-refractivity contribution is -0.139. The number of carbonyl (C=O) groups is 1. The molecule has 0 saturated carbocycles. The minimum Gasteiger partial charge on any atom is -0.480 e. The van der Waals surface area contributed by atoms with E-state index in [1.54, 1.807) is 31.6 Å². The van der Waals surface area contributed by atoms with Crippen LogP contribution in [0.5, 0.6) is 0 Å². The van der Waals surface area contributed by atoms with Gasteiger partial charge in [-0.25, -0.2) is 0 Å². The maximum absolute atomic E-state index is 10.8. The highest BCUT2D eigenvalue weighted by molar-refractivity contribution is 5.74. The molecule has 0 radical (unpaired) electrons. The molecule has 2 atom stereocenters. The maximum atomic E-state index is 10.8. The molecule has 0 saturated heterocycles. The summed E-state index contributed by atoms with van der Waals surface area (Å²) in [7, 11) is 1.56. The Balaban J connectivity index is 2.83. The summed E-state index contributed by atoms with van der Waals surface area (Å²) < 4.78 is 0. The van der Waals surface area contributed by atoms with Crippen molar-refractivity contribution in [3.05, 3.63) is 30.1 Å². The topological polar surface area (TPSA) is 88.2 Å². The van der Waals surface area contributed by atoms with E-state index >= 15 is 0 Å². The standard InChI is InChI=1S/C9H13N3O2/c1-11-8(9(13)14)7(10)6-3-2-4-12-5-6/h2-5,7-8,11H,10H2,1H3,(H,13,14). The van der Waals surface area contributed by atoms with E-state index in [-0.39, 0.29) is 0 Å². The van der Waals surface area contributed by atoms with Gasteiger partial charge in [0.25, 0.3) is 0 Å². The predicted octanol–water partition coefficient (Wildman–Crippen LogP) is -0.246. The number of likely N-dealkylation sites (N-methyl/N-ethyl adjacent to an activating group) is 1. The lowest BCUT2D eigenvalue weighted by atomic mass is 10.0. The van der Waals surface area contributed by atoms with E-state index in [1.165, 1.54) is 0 Å². The first-order valence-electron chi connectivity index (χ1n) is 4.22. The molecule has 0 fully saturated rings. The third kappa shape index (κ3) is 2.27. The Labute approximate surface area is 82.0 Å². The van der Waals surface area contributed by atoms with Crippen LogP contribution in [-0.4, -0.2) is 29.1 Å². The van der Waals surface area contributed by atoms with Crippen molar-refractivity contribution in [2.75, 3.05) is 7.05 Å². The number of nitrogens with zero attached hydrogens (tertiary/aromatic N) is 1. The minimum absolute atomic E-state index is 0.591. The number of nitrogens with two attached hydrogens (primary N) is 1. The molecule has 0 aliphatic rings. The molecular weight excluding hydrogens is 182 g/mol. The van der Waals surface area contributed by atoms with Crippen LogP contribution in [0.15, 0.2) is 24.5 Å². The lowest BCUT2D eigenvalue weighted by Gasteiger charge is -2.19. The van der Waals surface area contributed by atoms with Crippen molar-refractivity contribution in [3.63, 3.8) is 0 Å². The molecule has 2 unspecified atom stereocenters. The molecule has 1 aromatic heterocycles. The fraction of sp³-hybridized carbons (Fsp3) is 0.333. The van der Waals surface area contributed by atoms with E-state index in [9.17, 15) is 4.79 Å². The number of aromatic nitrogens is 1. The zero-order chi connectivity index (χ0) is 10.6. The van der Waals surface area contributed by atoms with Crippen molar-refractivity contribution >= 4 is 5.97 Å². The second-order valence-corrected chi connectivity index (χ2v) is 2.92. The summed E-state index contributed by atoms with van der Waals surface area (Å²) in [5, 5.41) is 11.5. The van der Waals surface area contributed by atoms with Gasteiger partial charge in [0.1, 0.15) is 6.04 Å². The van der Waals surface area contributed by atoms with Crippen molar-refractivity contribution in [1.82, 2.24) is 10.3 Å². The average molecular weight is 195 g/mol. The molecule has 4 N–H and O–H groups in total. The lowest BCUT2D eigenvalue weighted by Crippen LogP contribution is -2.43. The fourth-order valence-electron chi connectivity index (χ4n) is 1.22. The first-order chi connectivity index (χ1) is 6.66. The third-order valence-corrected chi connectivity index (χ3v) is 2.01. The molecule has 1 aromatic rings. The van der Waals surface area contributed by atoms with Gasteiger partial charge in [-0.05, 0) is 18.7 Å². The van der Waals surface area contributed by atoms with Crippen LogP contribution in [0.4, 0.5) is 0 Å². The van der Waals surface area contributed by atoms with Crippen LogP contribution in [0.3, 0.4) is 0 Å². The van der Waals surface area contributed by atoms with Gasteiger partial charge in [0.2, 0.25) is 0 Å². The van der Waals surface area contributed by atoms with E-state index < -0.39 is 18.1 Å². The van der Waals surface area contributed by atoms with Gasteiger partial charge in [0, 0.05) is 12.4 Å². The highest BCUT2D eigenvalue weighted by Gasteiger charge is 2.24. The Bertz CT molecular complexity index is 302. The van der Waals surface area contributed by atoms with E-state index in [0.29, 0.717) is 5.56 Å². The molecule has 0 amide bonds. The van der Waals surface area contributed by atoms with Crippen LogP contribution in [0.25, 0.3) is 0 Å². The molecule has 1 rings (SSSR count). The van der Waals surface area contributed by atoms with Crippen LogP contribution in [0.1, 0.15) is 11.6 Å². The quantitative estimate of drug-likeness (QED) is 0.616. The van der Waals surface area contributed by atoms with Crippen molar-refractivity contribution in [2.45, 2.75) is 12.1 Å². The number of pyridine rings is 1. The Morgan fingerprint density at radius 3 is 2.86 bits per heavy atom. The molecule has 0 aliphatic heterocycles. The Hall–Kier alpha value is -1.46. The van der Waals surface area contributed by atoms with E-state index in [1.807, 2.05) is 0 Å². The summed E-state index contributed by atoms with van der Waals surface area (Å²) in [5.74, 6) is -0.969. The van der Waals surface area contributed by atoms with Gasteiger partial charge in [-0.1, -0.05) is 6.07 Å². The summed E-state index contributed by atoms with van der Waals surface area (Å²) in [5.41, 5.74) is 6.47. The first-order valence-corrected chi connectivity index (χ1v) is 4.22. The number of hydrogen-bond donors (Lipinski definition) is 3. The van der Waals surface area contributed by atoms with Gasteiger partial charge in [0.15, 0.2) is 0 Å². The monoisotopic (exact) mass is 195 g/mol. The number of hydrogen-bond acceptors (Lipinski definition) is 4. The molecule has 1 heterocycles. The number of nitrogens with one attached hydrogen (secondary N) is 1. The Morgan fingerprint density at radius 1 is 1.71 bits per heavy atom. The Kier molecular flexibility index (Phi) is 3.55. The van der Waals surface area contributed by atoms with Gasteiger partial charge >= 0.3 is 5.97 Å². The van der Waals surface area contributed by atoms with Gasteiger partial charge < -0.3 is 16.2 Å². The molecule has 14 heavy (non-hydrogen) atoms. The van der Waals surface area contributed by atoms with E-state index in [0.717, 1.165) is 0 Å². The first kappa shape index (κ1) is 10.6. The maximum Gasteiger partial charge on any atom is 0.322 e. The second kappa shape index (κ2) is 4.69. The van der Waals surface area contributed by atoms with Crippen LogP contribution < -0.4 is 11.1 Å². The summed E-state index contributed by atoms with van der Waals surface area (Å²) in [6, 6.07) is 2.10. The van der Waals surface area contributed by atoms with Crippen LogP contribution in [-0.2, 0) is 4.79 Å². The van der Waals surface area contributed by atoms with Gasteiger partial charge in [-0.2, -0.15) is 0 Å². The van der Waals surface area contributed by atoms with Crippen LogP contribution in [0, 0.1) is 0 Å². The molecule has 0 bridgehead atoms. The van der Waals surface area contributed by atoms with Crippen molar-refractivity contribution in [1.29, 1.82) is 0 Å². The normalized spacial score (nSPS) is 14.7. The van der Waals surface area contributed by atoms with E-state index in [2.05, 4.69) is 10.3 Å². The highest BCUT2D eigenvalue weighted by Crippen LogP contribution is 2.12. The minimum atomic E-state index is -0.969.